The number of rotatable bonds is 16. The number of esters is 2. The molecule has 0 amide bonds. The third-order valence-electron chi connectivity index (χ3n) is 24.8. The summed E-state index contributed by atoms with van der Waals surface area (Å²) >= 11 is 0. The van der Waals surface area contributed by atoms with Crippen molar-refractivity contribution in [3.8, 4) is 0 Å². The molecule has 0 aromatic carbocycles. The Kier molecular flexibility index (Phi) is 32.7. The molecule has 29 heteroatoms. The van der Waals surface area contributed by atoms with Crippen LogP contribution in [0.25, 0.3) is 0 Å². The van der Waals surface area contributed by atoms with Crippen LogP contribution in [0.15, 0.2) is 0 Å². The van der Waals surface area contributed by atoms with E-state index in [1.165, 1.54) is 49.2 Å². The zero-order valence-corrected chi connectivity index (χ0v) is 68.2. The number of nitrogens with zero attached hydrogens (tertiary/aromatic N) is 2. The second kappa shape index (κ2) is 36.9. The van der Waals surface area contributed by atoms with Gasteiger partial charge >= 0.3 is 11.9 Å². The number of ether oxygens (including phenoxy) is 14. The molecule has 9 N–H and O–H groups in total. The maximum atomic E-state index is 14.2. The maximum Gasteiger partial charge on any atom is 0.313 e. The van der Waals surface area contributed by atoms with Crippen LogP contribution in [0.2, 0.25) is 0 Å². The Hall–Kier alpha value is -2.64. The second-order valence-electron chi connectivity index (χ2n) is 33.4. The van der Waals surface area contributed by atoms with E-state index in [1.807, 2.05) is 58.8 Å². The van der Waals surface area contributed by atoms with Gasteiger partial charge in [0.25, 0.3) is 0 Å². The van der Waals surface area contributed by atoms with Gasteiger partial charge in [-0.3, -0.25) is 19.2 Å². The topological polar surface area (TPSA) is 386 Å². The number of ketones is 2. The van der Waals surface area contributed by atoms with E-state index in [2.05, 4.69) is 0 Å². The fourth-order valence-corrected chi connectivity index (χ4v) is 17.1. The van der Waals surface area contributed by atoms with Crippen molar-refractivity contribution in [3.63, 3.8) is 0 Å². The number of aliphatic hydroxyl groups excluding tert-OH is 6. The number of aliphatic hydroxyl groups is 9. The summed E-state index contributed by atoms with van der Waals surface area (Å²) in [5.74, 6) is -12.5. The number of cyclic esters (lactones) is 2. The number of carbonyl (C=O) groups is 4. The monoisotopic (exact) mass is 1510 g/mol. The molecule has 0 radical (unpaired) electrons. The lowest BCUT2D eigenvalue weighted by Crippen LogP contribution is -2.65. The second-order valence-corrected chi connectivity index (χ2v) is 33.4. The number of hydrogen-bond acceptors (Lipinski definition) is 29. The third kappa shape index (κ3) is 20.2. The van der Waals surface area contributed by atoms with Crippen molar-refractivity contribution in [2.45, 2.75) is 358 Å². The van der Waals surface area contributed by atoms with Crippen LogP contribution in [-0.2, 0) is 85.5 Å². The predicted molar refractivity (Wildman–Crippen MR) is 383 cm³/mol. The molecule has 29 nitrogen and oxygen atoms in total. The van der Waals surface area contributed by atoms with E-state index >= 15 is 0 Å². The van der Waals surface area contributed by atoms with E-state index in [0.29, 0.717) is 12.8 Å². The Morgan fingerprint density at radius 3 is 1.14 bits per heavy atom. The van der Waals surface area contributed by atoms with Gasteiger partial charge in [0, 0.05) is 95.3 Å². The minimum atomic E-state index is -2.61. The van der Waals surface area contributed by atoms with Crippen molar-refractivity contribution in [1.29, 1.82) is 0 Å². The molecule has 0 aromatic rings. The minimum absolute atomic E-state index is 0.0422. The zero-order valence-electron chi connectivity index (χ0n) is 68.2. The summed E-state index contributed by atoms with van der Waals surface area (Å²) in [7, 11) is 13.4. The van der Waals surface area contributed by atoms with Crippen LogP contribution in [0, 0.1) is 47.3 Å². The van der Waals surface area contributed by atoms with Gasteiger partial charge in [-0.25, -0.2) is 0 Å². The molecule has 6 heterocycles. The molecule has 6 saturated heterocycles. The van der Waals surface area contributed by atoms with Crippen LogP contribution in [-0.4, -0.2) is 304 Å². The van der Waals surface area contributed by atoms with Crippen LogP contribution < -0.4 is 0 Å². The van der Waals surface area contributed by atoms with Crippen molar-refractivity contribution in [2.24, 2.45) is 47.3 Å². The molecule has 36 atom stereocenters. The van der Waals surface area contributed by atoms with E-state index in [9.17, 15) is 65.1 Å². The van der Waals surface area contributed by atoms with Crippen LogP contribution in [0.4, 0.5) is 0 Å². The highest BCUT2D eigenvalue weighted by molar-refractivity contribution is 5.84. The number of methoxy groups -OCH3 is 4. The molecule has 0 bridgehead atoms. The van der Waals surface area contributed by atoms with Gasteiger partial charge in [0.15, 0.2) is 30.8 Å². The lowest BCUT2D eigenvalue weighted by Gasteiger charge is -2.50. The van der Waals surface area contributed by atoms with Gasteiger partial charge in [-0.05, 0) is 143 Å². The lowest BCUT2D eigenvalue weighted by atomic mass is 9.73. The SMILES string of the molecule is CC[C@@]1(O)OC(=O)[C@H](C)[C@@H](OC2CC(C)(OC)C(O)C(C)O2)[C@H](C)[C@@H](OC2OC(C)CC(N(C)C)C2O)[C@](C)(OC)C[C@@H](C)C(=O)[C@H](C)[C@@H](O)[C@]1(C)O.CC[C@H]1OC(=O)[C@H](C)[C@@H](OC2CC(C)(OC)C(O)C(C)O2)[C@H](C)[C@@H](OC2OC(C)CC(N(C)C)C2O)[C@](C)(OC)C[C@@H](C)C(=O)[C@H](C)[C@@H](O)[C@]1(C)O. The summed E-state index contributed by atoms with van der Waals surface area (Å²) in [6.45, 7) is 33.2. The van der Waals surface area contributed by atoms with Crippen molar-refractivity contribution < 1.29 is 131 Å². The summed E-state index contributed by atoms with van der Waals surface area (Å²) in [6, 6.07) is -0.598. The van der Waals surface area contributed by atoms with E-state index in [4.69, 9.17) is 66.3 Å². The summed E-state index contributed by atoms with van der Waals surface area (Å²) in [6.07, 6.45) is -17.7. The average molecular weight is 1510 g/mol. The summed E-state index contributed by atoms with van der Waals surface area (Å²) < 4.78 is 87.3. The summed E-state index contributed by atoms with van der Waals surface area (Å²) in [4.78, 5) is 60.2. The van der Waals surface area contributed by atoms with Gasteiger partial charge in [0.1, 0.15) is 47.7 Å². The van der Waals surface area contributed by atoms with Crippen LogP contribution in [0.3, 0.4) is 0 Å². The molecule has 0 aromatic heterocycles. The summed E-state index contributed by atoms with van der Waals surface area (Å²) in [5, 5.41) is 103. The predicted octanol–water partition coefficient (Wildman–Crippen LogP) is 4.20. The zero-order chi connectivity index (χ0) is 80.3. The van der Waals surface area contributed by atoms with Gasteiger partial charge in [-0.15, -0.1) is 0 Å². The minimum Gasteiger partial charge on any atom is -0.459 e. The van der Waals surface area contributed by atoms with Crippen LogP contribution >= 0.6 is 0 Å². The molecule has 6 aliphatic rings. The number of carbonyl (C=O) groups excluding carboxylic acids is 4. The quantitative estimate of drug-likeness (QED) is 0.0978. The molecule has 6 rings (SSSR count). The smallest absolute Gasteiger partial charge is 0.313 e. The molecule has 16 unspecified atom stereocenters. The highest BCUT2D eigenvalue weighted by Gasteiger charge is 2.60. The Morgan fingerprint density at radius 1 is 0.457 bits per heavy atom. The molecule has 105 heavy (non-hydrogen) atoms. The highest BCUT2D eigenvalue weighted by Crippen LogP contribution is 2.46. The maximum absolute atomic E-state index is 14.2. The first kappa shape index (κ1) is 93.0. The van der Waals surface area contributed by atoms with Crippen molar-refractivity contribution in [2.75, 3.05) is 56.6 Å². The standard InChI is InChI=1S/C38H69NO14.C38H69NO13/c1-15-38(46)37(10,45)30(42)21(4)27(40)19(2)17-36(9,48-14)32(52-34-28(41)25(39(11)12)16-20(3)49-34)22(5)29(23(6)33(44)53-38)51-26-18-35(8,47-13)31(43)24(7)50-26;1-15-26-38(10,45)31(42)21(4)28(40)19(2)17-37(9,47-14)33(52-35-29(41)25(39(11)12)16-20(3)48-35)22(5)30(23(6)34(44)50-26)51-27-18-36(8,46-13)32(43)24(7)49-27/h19-26,28-32,34,41-43,45-46H,15-18H2,1-14H3;19-27,29-33,35,41-43,45H,15-18H2,1-14H3/t19-,20?,21+,22+,23-,24?,25?,26?,28?,29+,30-,31?,32-,34?,35?,36-,37+,38-;19-,20?,21+,22+,23-,24?,25?,26-,27?,29?,30+,31-,32?,33-,35?,36?,37-,38-/m11/s1. The molecule has 0 aliphatic carbocycles. The molecular weight excluding hydrogens is 1370 g/mol. The highest BCUT2D eigenvalue weighted by atomic mass is 16.7. The lowest BCUT2D eigenvalue weighted by molar-refractivity contribution is -0.325. The first-order valence-electron chi connectivity index (χ1n) is 37.9. The average Bonchev–Trinajstić information content (AvgIpc) is 0.779. The van der Waals surface area contributed by atoms with Gasteiger partial charge < -0.3 is 122 Å². The molecular formula is C76H138N2O27. The fourth-order valence-electron chi connectivity index (χ4n) is 17.1. The Bertz CT molecular complexity index is 2790. The van der Waals surface area contributed by atoms with Crippen LogP contribution in [0.5, 0.6) is 0 Å². The first-order chi connectivity index (χ1) is 48.3. The van der Waals surface area contributed by atoms with E-state index in [1.54, 1.807) is 90.0 Å². The Balaban J connectivity index is 0.000000377. The van der Waals surface area contributed by atoms with Gasteiger partial charge in [-0.1, -0.05) is 55.4 Å². The normalized spacial score (nSPS) is 49.4. The molecule has 614 valence electrons. The third-order valence-corrected chi connectivity index (χ3v) is 24.8. The van der Waals surface area contributed by atoms with E-state index in [0.717, 1.165) is 6.92 Å². The van der Waals surface area contributed by atoms with Gasteiger partial charge in [0.05, 0.1) is 95.3 Å². The number of likely N-dealkylation sites (N-methyl/N-ethyl adjacent to an activating group) is 2. The number of hydrogen-bond donors (Lipinski definition) is 9. The van der Waals surface area contributed by atoms with Crippen molar-refractivity contribution >= 4 is 23.5 Å². The summed E-state index contributed by atoms with van der Waals surface area (Å²) in [5.41, 5.74) is -9.10. The Morgan fingerprint density at radius 2 is 0.810 bits per heavy atom. The number of Topliss-reactive ketones (excluding diaryl/α,β-unsaturated/α-hetero) is 2. The largest absolute Gasteiger partial charge is 0.459 e. The van der Waals surface area contributed by atoms with Crippen molar-refractivity contribution in [1.82, 2.24) is 9.80 Å². The Labute approximate surface area is 624 Å². The molecule has 0 saturated carbocycles. The van der Waals surface area contributed by atoms with Gasteiger partial charge in [0.2, 0.25) is 5.79 Å². The van der Waals surface area contributed by atoms with Crippen molar-refractivity contribution in [3.05, 3.63) is 0 Å². The van der Waals surface area contributed by atoms with E-state index in [-0.39, 0.29) is 68.6 Å². The van der Waals surface area contributed by atoms with Gasteiger partial charge in [-0.2, -0.15) is 0 Å². The van der Waals surface area contributed by atoms with E-state index < -0.39 is 209 Å². The van der Waals surface area contributed by atoms with Crippen LogP contribution in [0.1, 0.15) is 190 Å². The molecule has 6 fully saturated rings. The fraction of sp³-hybridized carbons (Fsp3) is 0.947. The first-order valence-corrected chi connectivity index (χ1v) is 37.9. The molecule has 6 aliphatic heterocycles. The molecule has 0 spiro atoms.